The summed E-state index contributed by atoms with van der Waals surface area (Å²) in [5, 5.41) is 5.50. The summed E-state index contributed by atoms with van der Waals surface area (Å²) in [7, 11) is 0. The van der Waals surface area contributed by atoms with Gasteiger partial charge in [-0.2, -0.15) is 5.10 Å². The SMILES string of the molecule is CCSC(=S)N/N=C(\C)c1c[nH]c2ccccc12. The Morgan fingerprint density at radius 2 is 2.22 bits per heavy atom. The number of thiocarbonyl (C=S) groups is 1. The molecule has 0 aliphatic carbocycles. The highest BCUT2D eigenvalue weighted by Crippen LogP contribution is 2.18. The molecule has 2 aromatic rings. The predicted octanol–water partition coefficient (Wildman–Crippen LogP) is 3.52. The van der Waals surface area contributed by atoms with Crippen LogP contribution in [0.2, 0.25) is 0 Å². The third-order valence-electron chi connectivity index (χ3n) is 2.57. The molecule has 0 saturated heterocycles. The largest absolute Gasteiger partial charge is 0.360 e. The van der Waals surface area contributed by atoms with Gasteiger partial charge in [-0.25, -0.2) is 0 Å². The number of para-hydroxylation sites is 1. The van der Waals surface area contributed by atoms with E-state index in [9.17, 15) is 0 Å². The second-order valence-electron chi connectivity index (χ2n) is 3.78. The van der Waals surface area contributed by atoms with Gasteiger partial charge in [-0.15, -0.1) is 0 Å². The summed E-state index contributed by atoms with van der Waals surface area (Å²) in [6.07, 6.45) is 1.97. The van der Waals surface area contributed by atoms with Gasteiger partial charge in [0.05, 0.1) is 5.71 Å². The van der Waals surface area contributed by atoms with Gasteiger partial charge in [-0.1, -0.05) is 49.1 Å². The molecular formula is C13H15N3S2. The first-order valence-corrected chi connectivity index (χ1v) is 7.15. The lowest BCUT2D eigenvalue weighted by atomic mass is 10.1. The highest BCUT2D eigenvalue weighted by Gasteiger charge is 2.05. The number of H-pyrrole nitrogens is 1. The molecule has 0 bridgehead atoms. The Balaban J connectivity index is 2.20. The Morgan fingerprint density at radius 1 is 1.44 bits per heavy atom. The van der Waals surface area contributed by atoms with Crippen molar-refractivity contribution in [3.63, 3.8) is 0 Å². The molecule has 18 heavy (non-hydrogen) atoms. The lowest BCUT2D eigenvalue weighted by molar-refractivity contribution is 1.06. The molecular weight excluding hydrogens is 262 g/mol. The summed E-state index contributed by atoms with van der Waals surface area (Å²) in [6, 6.07) is 8.18. The first kappa shape index (κ1) is 13.1. The van der Waals surface area contributed by atoms with E-state index in [0.717, 1.165) is 22.5 Å². The molecule has 1 aromatic heterocycles. The zero-order chi connectivity index (χ0) is 13.0. The molecule has 1 aromatic carbocycles. The van der Waals surface area contributed by atoms with Crippen LogP contribution in [-0.4, -0.2) is 20.8 Å². The van der Waals surface area contributed by atoms with Crippen LogP contribution in [0.25, 0.3) is 10.9 Å². The number of benzene rings is 1. The average Bonchev–Trinajstić information content (AvgIpc) is 2.80. The van der Waals surface area contributed by atoms with Crippen LogP contribution in [-0.2, 0) is 0 Å². The van der Waals surface area contributed by atoms with Crippen molar-refractivity contribution in [1.82, 2.24) is 10.4 Å². The van der Waals surface area contributed by atoms with E-state index in [0.29, 0.717) is 4.32 Å². The number of nitrogens with zero attached hydrogens (tertiary/aromatic N) is 1. The molecule has 0 radical (unpaired) electrons. The summed E-state index contributed by atoms with van der Waals surface area (Å²) in [6.45, 7) is 4.04. The number of hydrogen-bond acceptors (Lipinski definition) is 3. The van der Waals surface area contributed by atoms with Crippen molar-refractivity contribution in [2.75, 3.05) is 5.75 Å². The Bertz CT molecular complexity index is 587. The first-order valence-electron chi connectivity index (χ1n) is 5.76. The highest BCUT2D eigenvalue weighted by molar-refractivity contribution is 8.22. The van der Waals surface area contributed by atoms with E-state index < -0.39 is 0 Å². The number of hydrogen-bond donors (Lipinski definition) is 2. The first-order chi connectivity index (χ1) is 8.72. The van der Waals surface area contributed by atoms with E-state index in [2.05, 4.69) is 34.6 Å². The molecule has 0 fully saturated rings. The van der Waals surface area contributed by atoms with E-state index in [4.69, 9.17) is 12.2 Å². The quantitative estimate of drug-likeness (QED) is 0.512. The van der Waals surface area contributed by atoms with Crippen LogP contribution < -0.4 is 5.43 Å². The average molecular weight is 277 g/mol. The summed E-state index contributed by atoms with van der Waals surface area (Å²) in [5.74, 6) is 0.952. The summed E-state index contributed by atoms with van der Waals surface area (Å²) in [5.41, 5.74) is 6.05. The van der Waals surface area contributed by atoms with Crippen LogP contribution in [0, 0.1) is 0 Å². The third kappa shape index (κ3) is 2.91. The zero-order valence-corrected chi connectivity index (χ0v) is 12.0. The molecule has 5 heteroatoms. The molecule has 3 nitrogen and oxygen atoms in total. The van der Waals surface area contributed by atoms with Gasteiger partial charge < -0.3 is 4.98 Å². The van der Waals surface area contributed by atoms with Crippen molar-refractivity contribution in [3.8, 4) is 0 Å². The minimum Gasteiger partial charge on any atom is -0.360 e. The van der Waals surface area contributed by atoms with E-state index >= 15 is 0 Å². The minimum absolute atomic E-state index is 0.705. The molecule has 0 aliphatic heterocycles. The molecule has 0 amide bonds. The van der Waals surface area contributed by atoms with Gasteiger partial charge in [0.2, 0.25) is 0 Å². The summed E-state index contributed by atoms with van der Waals surface area (Å²) in [4.78, 5) is 3.24. The smallest absolute Gasteiger partial charge is 0.154 e. The van der Waals surface area contributed by atoms with Crippen molar-refractivity contribution in [3.05, 3.63) is 36.0 Å². The van der Waals surface area contributed by atoms with Crippen LogP contribution in [0.4, 0.5) is 0 Å². The van der Waals surface area contributed by atoms with Crippen molar-refractivity contribution in [2.24, 2.45) is 5.10 Å². The Labute approximate surface area is 116 Å². The van der Waals surface area contributed by atoms with Crippen LogP contribution in [0.5, 0.6) is 0 Å². The number of nitrogens with one attached hydrogen (secondary N) is 2. The normalized spacial score (nSPS) is 11.8. The molecule has 0 atom stereocenters. The zero-order valence-electron chi connectivity index (χ0n) is 10.4. The number of thioether (sulfide) groups is 1. The van der Waals surface area contributed by atoms with Crippen molar-refractivity contribution in [1.29, 1.82) is 0 Å². The number of aromatic amines is 1. The van der Waals surface area contributed by atoms with Crippen LogP contribution in [0.3, 0.4) is 0 Å². The molecule has 0 aliphatic rings. The van der Waals surface area contributed by atoms with Crippen molar-refractivity contribution < 1.29 is 0 Å². The summed E-state index contributed by atoms with van der Waals surface area (Å²) >= 11 is 6.71. The third-order valence-corrected chi connectivity index (χ3v) is 3.66. The Hall–Kier alpha value is -1.33. The standard InChI is InChI=1S/C13H15N3S2/c1-3-18-13(17)16-15-9(2)11-8-14-12-7-5-4-6-10(11)12/h4-8,14H,3H2,1-2H3,(H,16,17)/b15-9+. The van der Waals surface area contributed by atoms with Gasteiger partial charge in [0.15, 0.2) is 4.32 Å². The second-order valence-corrected chi connectivity index (χ2v) is 5.72. The lowest BCUT2D eigenvalue weighted by Crippen LogP contribution is -2.13. The number of aromatic nitrogens is 1. The fourth-order valence-corrected chi connectivity index (χ4v) is 2.50. The molecule has 0 saturated carbocycles. The minimum atomic E-state index is 0.705. The van der Waals surface area contributed by atoms with Gasteiger partial charge in [0.25, 0.3) is 0 Å². The van der Waals surface area contributed by atoms with Gasteiger partial charge in [-0.3, -0.25) is 5.43 Å². The fraction of sp³-hybridized carbons (Fsp3) is 0.231. The maximum Gasteiger partial charge on any atom is 0.154 e. The van der Waals surface area contributed by atoms with Gasteiger partial charge in [0.1, 0.15) is 0 Å². The van der Waals surface area contributed by atoms with Crippen LogP contribution in [0.1, 0.15) is 19.4 Å². The van der Waals surface area contributed by atoms with E-state index in [-0.39, 0.29) is 0 Å². The van der Waals surface area contributed by atoms with Gasteiger partial charge in [0, 0.05) is 22.7 Å². The van der Waals surface area contributed by atoms with E-state index in [1.54, 1.807) is 11.8 Å². The molecule has 2 rings (SSSR count). The van der Waals surface area contributed by atoms with E-state index in [1.165, 1.54) is 5.39 Å². The molecule has 94 valence electrons. The number of rotatable bonds is 3. The fourth-order valence-electron chi connectivity index (χ4n) is 1.72. The van der Waals surface area contributed by atoms with Crippen LogP contribution >= 0.6 is 24.0 Å². The maximum atomic E-state index is 5.13. The van der Waals surface area contributed by atoms with Crippen molar-refractivity contribution in [2.45, 2.75) is 13.8 Å². The topological polar surface area (TPSA) is 40.2 Å². The van der Waals surface area contributed by atoms with Crippen LogP contribution in [0.15, 0.2) is 35.6 Å². The monoisotopic (exact) mass is 277 g/mol. The maximum absolute atomic E-state index is 5.13. The number of fused-ring (bicyclic) bond motifs is 1. The lowest BCUT2D eigenvalue weighted by Gasteiger charge is -2.02. The molecule has 1 heterocycles. The number of hydrazone groups is 1. The molecule has 2 N–H and O–H groups in total. The van der Waals surface area contributed by atoms with Crippen molar-refractivity contribution >= 4 is 44.9 Å². The Morgan fingerprint density at radius 3 is 3.00 bits per heavy atom. The Kier molecular flexibility index (Phi) is 4.38. The van der Waals surface area contributed by atoms with Gasteiger partial charge >= 0.3 is 0 Å². The molecule has 0 spiro atoms. The van der Waals surface area contributed by atoms with E-state index in [1.807, 2.05) is 25.3 Å². The predicted molar refractivity (Wildman–Crippen MR) is 84.4 cm³/mol. The summed E-state index contributed by atoms with van der Waals surface area (Å²) < 4.78 is 0.705. The second kappa shape index (κ2) is 6.02. The molecule has 0 unspecified atom stereocenters. The highest BCUT2D eigenvalue weighted by atomic mass is 32.2. The van der Waals surface area contributed by atoms with Gasteiger partial charge in [-0.05, 0) is 18.7 Å².